The molecule has 0 saturated heterocycles. The zero-order valence-corrected chi connectivity index (χ0v) is 19.3. The maximum absolute atomic E-state index is 6.16. The number of pyridine rings is 1. The number of rotatable bonds is 4. The van der Waals surface area contributed by atoms with Crippen LogP contribution in [0.15, 0.2) is 121 Å². The Bertz CT molecular complexity index is 1610. The Labute approximate surface area is 204 Å². The van der Waals surface area contributed by atoms with Gasteiger partial charge in [0.2, 0.25) is 0 Å². The first-order valence-electron chi connectivity index (χ1n) is 11.5. The molecular weight excluding hydrogens is 434 g/mol. The van der Waals surface area contributed by atoms with Crippen molar-refractivity contribution in [1.29, 1.82) is 0 Å². The Morgan fingerprint density at radius 2 is 1.18 bits per heavy atom. The second-order valence-corrected chi connectivity index (χ2v) is 8.97. The Kier molecular flexibility index (Phi) is 5.33. The SMILES string of the molecule is Clc1ccc(Cc2c(-c3ccccc3)nc(-c3cccc4ccccc34)c3ccccc23)cc1. The largest absolute Gasteiger partial charge is 0.247 e. The van der Waals surface area contributed by atoms with Crippen LogP contribution in [0, 0.1) is 0 Å². The van der Waals surface area contributed by atoms with Crippen molar-refractivity contribution in [1.82, 2.24) is 4.98 Å². The quantitative estimate of drug-likeness (QED) is 0.258. The standard InChI is InChI=1S/C32H22ClN/c33-25-19-17-22(18-20-25)21-30-27-14-6-7-15-29(27)32(34-31(30)24-10-2-1-3-11-24)28-16-8-12-23-9-4-5-13-26(23)28/h1-20H,21H2. The molecule has 1 aromatic heterocycles. The van der Waals surface area contributed by atoms with Crippen molar-refractivity contribution in [3.8, 4) is 22.5 Å². The molecule has 0 radical (unpaired) electrons. The minimum absolute atomic E-state index is 0.751. The molecular formula is C32H22ClN. The molecule has 0 spiro atoms. The highest BCUT2D eigenvalue weighted by Gasteiger charge is 2.18. The van der Waals surface area contributed by atoms with E-state index in [-0.39, 0.29) is 0 Å². The van der Waals surface area contributed by atoms with Gasteiger partial charge in [-0.1, -0.05) is 121 Å². The zero-order valence-electron chi connectivity index (χ0n) is 18.6. The molecule has 1 heterocycles. The molecule has 0 atom stereocenters. The first-order chi connectivity index (χ1) is 16.8. The second-order valence-electron chi connectivity index (χ2n) is 8.53. The van der Waals surface area contributed by atoms with Gasteiger partial charge in [-0.05, 0) is 39.4 Å². The lowest BCUT2D eigenvalue weighted by Gasteiger charge is -2.18. The summed E-state index contributed by atoms with van der Waals surface area (Å²) in [6.45, 7) is 0. The summed E-state index contributed by atoms with van der Waals surface area (Å²) >= 11 is 6.16. The Balaban J connectivity index is 1.67. The third-order valence-electron chi connectivity index (χ3n) is 6.40. The van der Waals surface area contributed by atoms with Crippen molar-refractivity contribution in [3.63, 3.8) is 0 Å². The van der Waals surface area contributed by atoms with Crippen molar-refractivity contribution in [2.75, 3.05) is 0 Å². The third kappa shape index (κ3) is 3.75. The van der Waals surface area contributed by atoms with E-state index in [1.165, 1.54) is 32.7 Å². The highest BCUT2D eigenvalue weighted by atomic mass is 35.5. The van der Waals surface area contributed by atoms with Crippen molar-refractivity contribution >= 4 is 33.1 Å². The smallest absolute Gasteiger partial charge is 0.0794 e. The van der Waals surface area contributed by atoms with E-state index in [1.54, 1.807) is 0 Å². The molecule has 0 bridgehead atoms. The Hall–Kier alpha value is -3.94. The zero-order chi connectivity index (χ0) is 22.9. The van der Waals surface area contributed by atoms with Gasteiger partial charge >= 0.3 is 0 Å². The topological polar surface area (TPSA) is 12.9 Å². The fourth-order valence-corrected chi connectivity index (χ4v) is 4.90. The summed E-state index contributed by atoms with van der Waals surface area (Å²) in [5.74, 6) is 0. The van der Waals surface area contributed by atoms with Crippen LogP contribution in [0.5, 0.6) is 0 Å². The predicted molar refractivity (Wildman–Crippen MR) is 144 cm³/mol. The molecule has 2 heteroatoms. The van der Waals surface area contributed by atoms with E-state index < -0.39 is 0 Å². The lowest BCUT2D eigenvalue weighted by atomic mass is 9.91. The molecule has 34 heavy (non-hydrogen) atoms. The maximum atomic E-state index is 6.16. The van der Waals surface area contributed by atoms with Crippen molar-refractivity contribution < 1.29 is 0 Å². The molecule has 0 aliphatic rings. The average Bonchev–Trinajstić information content (AvgIpc) is 2.90. The summed E-state index contributed by atoms with van der Waals surface area (Å²) in [6.07, 6.45) is 0.782. The van der Waals surface area contributed by atoms with Crippen LogP contribution >= 0.6 is 11.6 Å². The van der Waals surface area contributed by atoms with Gasteiger partial charge in [0.15, 0.2) is 0 Å². The summed E-state index contributed by atoms with van der Waals surface area (Å²) in [5.41, 5.74) is 6.77. The number of nitrogens with zero attached hydrogens (tertiary/aromatic N) is 1. The lowest BCUT2D eigenvalue weighted by Crippen LogP contribution is -2.00. The third-order valence-corrected chi connectivity index (χ3v) is 6.65. The molecule has 1 nitrogen and oxygen atoms in total. The highest BCUT2D eigenvalue weighted by Crippen LogP contribution is 2.38. The van der Waals surface area contributed by atoms with Crippen LogP contribution in [0.4, 0.5) is 0 Å². The van der Waals surface area contributed by atoms with E-state index in [4.69, 9.17) is 16.6 Å². The maximum Gasteiger partial charge on any atom is 0.0794 e. The van der Waals surface area contributed by atoms with Gasteiger partial charge in [-0.3, -0.25) is 0 Å². The van der Waals surface area contributed by atoms with E-state index in [1.807, 2.05) is 12.1 Å². The van der Waals surface area contributed by atoms with Gasteiger partial charge < -0.3 is 0 Å². The van der Waals surface area contributed by atoms with E-state index in [9.17, 15) is 0 Å². The van der Waals surface area contributed by atoms with Gasteiger partial charge in [0.1, 0.15) is 0 Å². The van der Waals surface area contributed by atoms with Crippen LogP contribution < -0.4 is 0 Å². The Morgan fingerprint density at radius 1 is 0.529 bits per heavy atom. The summed E-state index contributed by atoms with van der Waals surface area (Å²) < 4.78 is 0. The first kappa shape index (κ1) is 20.7. The normalized spacial score (nSPS) is 11.2. The summed E-state index contributed by atoms with van der Waals surface area (Å²) in [7, 11) is 0. The highest BCUT2D eigenvalue weighted by molar-refractivity contribution is 6.30. The fourth-order valence-electron chi connectivity index (χ4n) is 4.78. The number of benzene rings is 5. The fraction of sp³-hybridized carbons (Fsp3) is 0.0312. The molecule has 0 aliphatic carbocycles. The number of hydrogen-bond donors (Lipinski definition) is 0. The molecule has 6 aromatic rings. The van der Waals surface area contributed by atoms with Crippen LogP contribution in [0.2, 0.25) is 5.02 Å². The van der Waals surface area contributed by atoms with Crippen LogP contribution in [-0.4, -0.2) is 4.98 Å². The summed E-state index contributed by atoms with van der Waals surface area (Å²) in [6, 6.07) is 42.3. The van der Waals surface area contributed by atoms with Crippen LogP contribution in [-0.2, 0) is 6.42 Å². The van der Waals surface area contributed by atoms with Gasteiger partial charge in [-0.25, -0.2) is 4.98 Å². The number of halogens is 1. The number of aromatic nitrogens is 1. The molecule has 6 rings (SSSR count). The molecule has 0 aliphatic heterocycles. The van der Waals surface area contributed by atoms with Gasteiger partial charge in [0.05, 0.1) is 11.4 Å². The van der Waals surface area contributed by atoms with Crippen molar-refractivity contribution in [2.45, 2.75) is 6.42 Å². The van der Waals surface area contributed by atoms with Crippen LogP contribution in [0.25, 0.3) is 44.1 Å². The monoisotopic (exact) mass is 455 g/mol. The van der Waals surface area contributed by atoms with Crippen LogP contribution in [0.1, 0.15) is 11.1 Å². The molecule has 0 fully saturated rings. The van der Waals surface area contributed by atoms with Gasteiger partial charge in [0, 0.05) is 28.0 Å². The minimum Gasteiger partial charge on any atom is -0.247 e. The van der Waals surface area contributed by atoms with Crippen molar-refractivity contribution in [3.05, 3.63) is 137 Å². The van der Waals surface area contributed by atoms with E-state index in [2.05, 4.69) is 109 Å². The molecule has 5 aromatic carbocycles. The molecule has 0 amide bonds. The first-order valence-corrected chi connectivity index (χ1v) is 11.9. The van der Waals surface area contributed by atoms with E-state index in [0.717, 1.165) is 34.0 Å². The molecule has 0 N–H and O–H groups in total. The Morgan fingerprint density at radius 3 is 1.97 bits per heavy atom. The average molecular weight is 456 g/mol. The number of hydrogen-bond acceptors (Lipinski definition) is 1. The lowest BCUT2D eigenvalue weighted by molar-refractivity contribution is 1.18. The second kappa shape index (κ2) is 8.78. The van der Waals surface area contributed by atoms with Gasteiger partial charge in [-0.2, -0.15) is 0 Å². The van der Waals surface area contributed by atoms with Gasteiger partial charge in [-0.15, -0.1) is 0 Å². The summed E-state index contributed by atoms with van der Waals surface area (Å²) in [4.78, 5) is 5.38. The molecule has 162 valence electrons. The van der Waals surface area contributed by atoms with E-state index in [0.29, 0.717) is 0 Å². The predicted octanol–water partition coefficient (Wildman–Crippen LogP) is 8.97. The van der Waals surface area contributed by atoms with Gasteiger partial charge in [0.25, 0.3) is 0 Å². The summed E-state index contributed by atoms with van der Waals surface area (Å²) in [5, 5.41) is 5.59. The van der Waals surface area contributed by atoms with Crippen LogP contribution in [0.3, 0.4) is 0 Å². The molecule has 0 unspecified atom stereocenters. The molecule has 0 saturated carbocycles. The number of fused-ring (bicyclic) bond motifs is 2. The van der Waals surface area contributed by atoms with Crippen molar-refractivity contribution in [2.24, 2.45) is 0 Å². The minimum atomic E-state index is 0.751. The van der Waals surface area contributed by atoms with E-state index >= 15 is 0 Å².